The molecule has 9 heteroatoms. The van der Waals surface area contributed by atoms with E-state index in [1.165, 1.54) is 29.5 Å². The molecule has 0 aliphatic rings. The highest BCUT2D eigenvalue weighted by Gasteiger charge is 2.22. The molecule has 0 saturated heterocycles. The zero-order chi connectivity index (χ0) is 29.7. The van der Waals surface area contributed by atoms with Crippen LogP contribution in [0.2, 0.25) is 0 Å². The van der Waals surface area contributed by atoms with Gasteiger partial charge in [-0.1, -0.05) is 24.8 Å². The van der Waals surface area contributed by atoms with Crippen LogP contribution >= 0.6 is 11.3 Å². The van der Waals surface area contributed by atoms with E-state index in [1.807, 2.05) is 0 Å². The number of amides is 1. The summed E-state index contributed by atoms with van der Waals surface area (Å²) in [7, 11) is 0. The van der Waals surface area contributed by atoms with Crippen molar-refractivity contribution in [1.82, 2.24) is 4.98 Å². The van der Waals surface area contributed by atoms with Crippen LogP contribution in [0.3, 0.4) is 0 Å². The van der Waals surface area contributed by atoms with Crippen molar-refractivity contribution in [3.05, 3.63) is 76.6 Å². The molecule has 0 fully saturated rings. The first kappa shape index (κ1) is 30.7. The number of aromatic nitrogens is 1. The third-order valence-electron chi connectivity index (χ3n) is 5.32. The molecular weight excluding hydrogens is 531 g/mol. The number of para-hydroxylation sites is 1. The van der Waals surface area contributed by atoms with Crippen LogP contribution in [0.4, 0.5) is 10.1 Å². The minimum atomic E-state index is -0.627. The molecule has 0 aliphatic carbocycles. The van der Waals surface area contributed by atoms with Gasteiger partial charge in [0.15, 0.2) is 0 Å². The number of carbonyl (C=O) groups is 3. The predicted molar refractivity (Wildman–Crippen MR) is 156 cm³/mol. The summed E-state index contributed by atoms with van der Waals surface area (Å²) in [5, 5.41) is 3.26. The summed E-state index contributed by atoms with van der Waals surface area (Å²) in [4.78, 5) is 42.8. The zero-order valence-corrected chi connectivity index (χ0v) is 24.5. The molecule has 0 unspecified atom stereocenters. The molecular formula is C31H35FN2O5S. The fourth-order valence-corrected chi connectivity index (χ4v) is 4.72. The molecule has 0 aliphatic heterocycles. The number of thiazole rings is 1. The van der Waals surface area contributed by atoms with Gasteiger partial charge in [0, 0.05) is 17.7 Å². The maximum atomic E-state index is 14.5. The molecule has 0 bridgehead atoms. The van der Waals surface area contributed by atoms with Crippen LogP contribution < -0.4 is 5.32 Å². The number of benzene rings is 2. The van der Waals surface area contributed by atoms with Gasteiger partial charge in [-0.05, 0) is 89.4 Å². The Hall–Kier alpha value is -3.85. The molecule has 1 heterocycles. The lowest BCUT2D eigenvalue weighted by Crippen LogP contribution is -2.25. The quantitative estimate of drug-likeness (QED) is 0.280. The fraction of sp³-hybridized carbons (Fsp3) is 0.355. The van der Waals surface area contributed by atoms with Crippen molar-refractivity contribution in [3.63, 3.8) is 0 Å². The molecule has 3 rings (SSSR count). The highest BCUT2D eigenvalue weighted by atomic mass is 32.1. The van der Waals surface area contributed by atoms with Crippen LogP contribution in [0.25, 0.3) is 16.6 Å². The molecule has 40 heavy (non-hydrogen) atoms. The van der Waals surface area contributed by atoms with E-state index < -0.39 is 28.9 Å². The highest BCUT2D eigenvalue weighted by molar-refractivity contribution is 7.16. The van der Waals surface area contributed by atoms with Crippen LogP contribution in [0, 0.1) is 5.82 Å². The Balaban J connectivity index is 1.81. The molecule has 0 atom stereocenters. The summed E-state index contributed by atoms with van der Waals surface area (Å²) >= 11 is 1.20. The standard InChI is InChI=1S/C31H35FN2O5S/c1-8-24-27(28(37)33-23-12-10-9-11-20(23)18-26(36)39-31(5,6)7)34-29(40-24)21-15-19(16-22(32)17-21)13-14-25(35)38-30(2,3)4/h8-12,15-17H,1,13-14,18H2,2-7H3,(H,33,37). The number of anilines is 1. The van der Waals surface area contributed by atoms with Crippen molar-refractivity contribution < 1.29 is 28.2 Å². The van der Waals surface area contributed by atoms with Crippen molar-refractivity contribution in [3.8, 4) is 10.6 Å². The molecule has 0 spiro atoms. The number of hydrogen-bond donors (Lipinski definition) is 1. The summed E-state index contributed by atoms with van der Waals surface area (Å²) in [6.07, 6.45) is 1.90. The van der Waals surface area contributed by atoms with E-state index in [9.17, 15) is 18.8 Å². The Morgan fingerprint density at radius 2 is 1.65 bits per heavy atom. The average Bonchev–Trinajstić information content (AvgIpc) is 3.26. The highest BCUT2D eigenvalue weighted by Crippen LogP contribution is 2.31. The zero-order valence-electron chi connectivity index (χ0n) is 23.7. The van der Waals surface area contributed by atoms with Gasteiger partial charge in [0.2, 0.25) is 0 Å². The number of carbonyl (C=O) groups excluding carboxylic acids is 3. The van der Waals surface area contributed by atoms with Gasteiger partial charge in [-0.25, -0.2) is 9.37 Å². The van der Waals surface area contributed by atoms with Gasteiger partial charge >= 0.3 is 11.9 Å². The second kappa shape index (κ2) is 12.6. The Bertz CT molecular complexity index is 1420. The third-order valence-corrected chi connectivity index (χ3v) is 6.42. The number of esters is 2. The Morgan fingerprint density at radius 3 is 2.30 bits per heavy atom. The smallest absolute Gasteiger partial charge is 0.310 e. The van der Waals surface area contributed by atoms with Crippen LogP contribution in [0.15, 0.2) is 49.0 Å². The average molecular weight is 567 g/mol. The summed E-state index contributed by atoms with van der Waals surface area (Å²) in [5.74, 6) is -1.75. The third kappa shape index (κ3) is 9.12. The lowest BCUT2D eigenvalue weighted by molar-refractivity contribution is -0.155. The first-order chi connectivity index (χ1) is 18.6. The van der Waals surface area contributed by atoms with Crippen molar-refractivity contribution in [2.75, 3.05) is 5.32 Å². The molecule has 2 aromatic carbocycles. The molecule has 3 aromatic rings. The Labute approximate surface area is 238 Å². The van der Waals surface area contributed by atoms with Crippen LogP contribution in [-0.4, -0.2) is 34.0 Å². The van der Waals surface area contributed by atoms with E-state index in [1.54, 1.807) is 71.9 Å². The number of aryl methyl sites for hydroxylation is 1. The van der Waals surface area contributed by atoms with Crippen molar-refractivity contribution in [1.29, 1.82) is 0 Å². The first-order valence-electron chi connectivity index (χ1n) is 12.9. The Morgan fingerprint density at radius 1 is 1.00 bits per heavy atom. The number of nitrogens with one attached hydrogen (secondary N) is 1. The summed E-state index contributed by atoms with van der Waals surface area (Å²) < 4.78 is 25.3. The van der Waals surface area contributed by atoms with Crippen LogP contribution in [0.1, 0.15) is 74.5 Å². The van der Waals surface area contributed by atoms with Gasteiger partial charge < -0.3 is 14.8 Å². The van der Waals surface area contributed by atoms with E-state index in [-0.39, 0.29) is 24.5 Å². The molecule has 7 nitrogen and oxygen atoms in total. The summed E-state index contributed by atoms with van der Waals surface area (Å²) in [6.45, 7) is 14.5. The van der Waals surface area contributed by atoms with Crippen LogP contribution in [-0.2, 0) is 31.9 Å². The lowest BCUT2D eigenvalue weighted by atomic mass is 10.1. The molecule has 0 radical (unpaired) electrons. The topological polar surface area (TPSA) is 94.6 Å². The monoisotopic (exact) mass is 566 g/mol. The number of rotatable bonds is 9. The van der Waals surface area contributed by atoms with E-state index >= 15 is 0 Å². The number of hydrogen-bond acceptors (Lipinski definition) is 7. The largest absolute Gasteiger partial charge is 0.460 e. The van der Waals surface area contributed by atoms with Gasteiger partial charge in [0.25, 0.3) is 5.91 Å². The second-order valence-electron chi connectivity index (χ2n) is 11.2. The lowest BCUT2D eigenvalue weighted by Gasteiger charge is -2.20. The fourth-order valence-electron chi connectivity index (χ4n) is 3.82. The second-order valence-corrected chi connectivity index (χ2v) is 12.3. The van der Waals surface area contributed by atoms with Gasteiger partial charge in [-0.15, -0.1) is 11.3 Å². The molecule has 1 amide bonds. The van der Waals surface area contributed by atoms with Gasteiger partial charge in [-0.2, -0.15) is 0 Å². The molecule has 1 N–H and O–H groups in total. The Kier molecular flexibility index (Phi) is 9.63. The minimum Gasteiger partial charge on any atom is -0.460 e. The summed E-state index contributed by atoms with van der Waals surface area (Å²) in [5.41, 5.74) is 1.05. The van der Waals surface area contributed by atoms with Gasteiger partial charge in [0.1, 0.15) is 27.7 Å². The normalized spacial score (nSPS) is 11.6. The van der Waals surface area contributed by atoms with Crippen molar-refractivity contribution >= 4 is 40.9 Å². The van der Waals surface area contributed by atoms with Gasteiger partial charge in [-0.3, -0.25) is 14.4 Å². The molecule has 212 valence electrons. The van der Waals surface area contributed by atoms with E-state index in [4.69, 9.17) is 9.47 Å². The number of halogens is 1. The number of nitrogens with zero attached hydrogens (tertiary/aromatic N) is 1. The summed E-state index contributed by atoms with van der Waals surface area (Å²) in [6, 6.07) is 11.4. The first-order valence-corrected chi connectivity index (χ1v) is 13.7. The minimum absolute atomic E-state index is 0.0142. The maximum Gasteiger partial charge on any atom is 0.310 e. The van der Waals surface area contributed by atoms with Crippen LogP contribution in [0.5, 0.6) is 0 Å². The van der Waals surface area contributed by atoms with E-state index in [2.05, 4.69) is 16.9 Å². The van der Waals surface area contributed by atoms with E-state index in [0.717, 1.165) is 0 Å². The van der Waals surface area contributed by atoms with Gasteiger partial charge in [0.05, 0.1) is 11.3 Å². The van der Waals surface area contributed by atoms with Crippen molar-refractivity contribution in [2.24, 2.45) is 0 Å². The maximum absolute atomic E-state index is 14.5. The van der Waals surface area contributed by atoms with E-state index in [0.29, 0.717) is 38.7 Å². The van der Waals surface area contributed by atoms with Crippen molar-refractivity contribution in [2.45, 2.75) is 72.0 Å². The SMILES string of the molecule is C=Cc1sc(-c2cc(F)cc(CCC(=O)OC(C)(C)C)c2)nc1C(=O)Nc1ccccc1CC(=O)OC(C)(C)C. The molecule has 0 saturated carbocycles. The molecule has 1 aromatic heterocycles. The number of ether oxygens (including phenoxy) is 2. The predicted octanol–water partition coefficient (Wildman–Crippen LogP) is 7.00.